The van der Waals surface area contributed by atoms with Crippen molar-refractivity contribution in [1.29, 1.82) is 0 Å². The molecule has 0 bridgehead atoms. The van der Waals surface area contributed by atoms with Crippen molar-refractivity contribution >= 4 is 12.2 Å². The molecule has 14 heavy (non-hydrogen) atoms. The minimum Gasteiger partial charge on any atom is -0.336 e. The summed E-state index contributed by atoms with van der Waals surface area (Å²) >= 11 is 4.87. The number of hydrogen-bond acceptors (Lipinski definition) is 2. The first kappa shape index (κ1) is 11.2. The number of nitrogens with one attached hydrogen (secondary N) is 2. The maximum Gasteiger partial charge on any atom is 0.255 e. The monoisotopic (exact) mass is 212 g/mol. The van der Waals surface area contributed by atoms with E-state index in [9.17, 15) is 4.79 Å². The summed E-state index contributed by atoms with van der Waals surface area (Å²) in [5, 5.41) is 0. The van der Waals surface area contributed by atoms with Crippen LogP contribution in [0.4, 0.5) is 0 Å². The molecule has 0 aromatic carbocycles. The molecule has 1 aromatic heterocycles. The molecule has 4 heteroatoms. The predicted molar refractivity (Wildman–Crippen MR) is 60.1 cm³/mol. The van der Waals surface area contributed by atoms with Gasteiger partial charge in [-0.2, -0.15) is 0 Å². The molecule has 1 rings (SSSR count). The van der Waals surface area contributed by atoms with Crippen LogP contribution in [0, 0.1) is 17.6 Å². The van der Waals surface area contributed by atoms with E-state index < -0.39 is 0 Å². The van der Waals surface area contributed by atoms with Crippen molar-refractivity contribution in [2.45, 2.75) is 33.6 Å². The van der Waals surface area contributed by atoms with Crippen LogP contribution in [0.25, 0.3) is 0 Å². The highest BCUT2D eigenvalue weighted by Crippen LogP contribution is 2.07. The van der Waals surface area contributed by atoms with Gasteiger partial charge in [0, 0.05) is 11.3 Å². The average molecular weight is 212 g/mol. The van der Waals surface area contributed by atoms with E-state index in [0.717, 1.165) is 24.1 Å². The highest BCUT2D eigenvalue weighted by molar-refractivity contribution is 7.71. The fourth-order valence-electron chi connectivity index (χ4n) is 1.36. The fraction of sp³-hybridized carbons (Fsp3) is 0.600. The van der Waals surface area contributed by atoms with Gasteiger partial charge < -0.3 is 4.98 Å². The minimum absolute atomic E-state index is 0.0492. The Balaban J connectivity index is 2.98. The van der Waals surface area contributed by atoms with Crippen LogP contribution in [0.15, 0.2) is 4.79 Å². The minimum atomic E-state index is -0.0492. The molecule has 0 spiro atoms. The fourth-order valence-corrected chi connectivity index (χ4v) is 1.61. The smallest absolute Gasteiger partial charge is 0.255 e. The molecule has 3 nitrogen and oxygen atoms in total. The van der Waals surface area contributed by atoms with E-state index in [1.165, 1.54) is 0 Å². The molecule has 0 unspecified atom stereocenters. The van der Waals surface area contributed by atoms with Gasteiger partial charge in [0.2, 0.25) is 0 Å². The summed E-state index contributed by atoms with van der Waals surface area (Å²) in [6.07, 6.45) is 1.83. The van der Waals surface area contributed by atoms with Gasteiger partial charge in [-0.3, -0.25) is 9.78 Å². The van der Waals surface area contributed by atoms with Gasteiger partial charge in [0.25, 0.3) is 5.56 Å². The molecule has 0 saturated carbocycles. The molecule has 0 atom stereocenters. The number of aromatic nitrogens is 2. The second kappa shape index (κ2) is 4.55. The van der Waals surface area contributed by atoms with E-state index in [0.29, 0.717) is 10.7 Å². The zero-order valence-electron chi connectivity index (χ0n) is 8.81. The third kappa shape index (κ3) is 2.80. The molecule has 0 radical (unpaired) electrons. The Hall–Kier alpha value is -0.900. The van der Waals surface area contributed by atoms with E-state index in [-0.39, 0.29) is 5.56 Å². The summed E-state index contributed by atoms with van der Waals surface area (Å²) < 4.78 is 0.404. The maximum absolute atomic E-state index is 11.5. The van der Waals surface area contributed by atoms with Gasteiger partial charge in [0.15, 0.2) is 4.77 Å². The van der Waals surface area contributed by atoms with Crippen LogP contribution in [0.3, 0.4) is 0 Å². The summed E-state index contributed by atoms with van der Waals surface area (Å²) in [5.74, 6) is 0.608. The summed E-state index contributed by atoms with van der Waals surface area (Å²) in [5.41, 5.74) is 1.67. The first-order valence-corrected chi connectivity index (χ1v) is 5.23. The van der Waals surface area contributed by atoms with Crippen LogP contribution in [0.2, 0.25) is 0 Å². The number of rotatable bonds is 3. The summed E-state index contributed by atoms with van der Waals surface area (Å²) in [6, 6.07) is 0. The molecule has 1 heterocycles. The first-order chi connectivity index (χ1) is 6.50. The summed E-state index contributed by atoms with van der Waals surface area (Å²) in [6.45, 7) is 6.18. The number of aryl methyl sites for hydroxylation is 1. The van der Waals surface area contributed by atoms with E-state index >= 15 is 0 Å². The highest BCUT2D eigenvalue weighted by Gasteiger charge is 2.05. The van der Waals surface area contributed by atoms with E-state index in [1.54, 1.807) is 0 Å². The van der Waals surface area contributed by atoms with Crippen molar-refractivity contribution in [2.75, 3.05) is 0 Å². The Morgan fingerprint density at radius 3 is 2.50 bits per heavy atom. The van der Waals surface area contributed by atoms with Gasteiger partial charge >= 0.3 is 0 Å². The molecular weight excluding hydrogens is 196 g/mol. The Labute approximate surface area is 88.6 Å². The second-order valence-electron chi connectivity index (χ2n) is 3.94. The van der Waals surface area contributed by atoms with Crippen molar-refractivity contribution in [2.24, 2.45) is 5.92 Å². The first-order valence-electron chi connectivity index (χ1n) is 4.82. The topological polar surface area (TPSA) is 48.6 Å². The third-order valence-electron chi connectivity index (χ3n) is 2.23. The normalized spacial score (nSPS) is 10.9. The van der Waals surface area contributed by atoms with Gasteiger partial charge in [-0.15, -0.1) is 0 Å². The molecule has 0 saturated heterocycles. The summed E-state index contributed by atoms with van der Waals surface area (Å²) in [4.78, 5) is 17.1. The van der Waals surface area contributed by atoms with Gasteiger partial charge in [-0.25, -0.2) is 0 Å². The predicted octanol–water partition coefficient (Wildman–Crippen LogP) is 2.33. The largest absolute Gasteiger partial charge is 0.336 e. The third-order valence-corrected chi connectivity index (χ3v) is 2.43. The lowest BCUT2D eigenvalue weighted by Crippen LogP contribution is -2.16. The number of hydrogen-bond donors (Lipinski definition) is 2. The van der Waals surface area contributed by atoms with Gasteiger partial charge in [0.05, 0.1) is 0 Å². The van der Waals surface area contributed by atoms with Crippen molar-refractivity contribution < 1.29 is 0 Å². The molecule has 1 aromatic rings. The zero-order chi connectivity index (χ0) is 10.7. The van der Waals surface area contributed by atoms with Crippen molar-refractivity contribution in [1.82, 2.24) is 9.97 Å². The standard InChI is InChI=1S/C10H16N2OS/c1-6(2)4-5-8-7(3)11-10(14)12-9(8)13/h6H,4-5H2,1-3H3,(H2,11,12,13,14). The number of H-pyrrole nitrogens is 2. The van der Waals surface area contributed by atoms with Crippen LogP contribution >= 0.6 is 12.2 Å². The second-order valence-corrected chi connectivity index (χ2v) is 4.35. The van der Waals surface area contributed by atoms with Gasteiger partial charge in [-0.1, -0.05) is 13.8 Å². The van der Waals surface area contributed by atoms with Gasteiger partial charge in [0.1, 0.15) is 0 Å². The molecule has 0 aliphatic heterocycles. The number of aromatic amines is 2. The van der Waals surface area contributed by atoms with Crippen LogP contribution in [0.1, 0.15) is 31.5 Å². The molecule has 0 aliphatic carbocycles. The van der Waals surface area contributed by atoms with Crippen LogP contribution in [0.5, 0.6) is 0 Å². The Morgan fingerprint density at radius 1 is 1.36 bits per heavy atom. The Morgan fingerprint density at radius 2 is 2.00 bits per heavy atom. The lowest BCUT2D eigenvalue weighted by atomic mass is 10.0. The van der Waals surface area contributed by atoms with Crippen molar-refractivity contribution in [3.8, 4) is 0 Å². The highest BCUT2D eigenvalue weighted by atomic mass is 32.1. The van der Waals surface area contributed by atoms with E-state index in [4.69, 9.17) is 12.2 Å². The zero-order valence-corrected chi connectivity index (χ0v) is 9.62. The van der Waals surface area contributed by atoms with Gasteiger partial charge in [-0.05, 0) is 37.9 Å². The lowest BCUT2D eigenvalue weighted by Gasteiger charge is -2.06. The molecule has 78 valence electrons. The average Bonchev–Trinajstić information content (AvgIpc) is 2.01. The van der Waals surface area contributed by atoms with E-state index in [2.05, 4.69) is 23.8 Å². The Kier molecular flexibility index (Phi) is 3.63. The maximum atomic E-state index is 11.5. The molecule has 2 N–H and O–H groups in total. The van der Waals surface area contributed by atoms with Crippen molar-refractivity contribution in [3.63, 3.8) is 0 Å². The molecule has 0 amide bonds. The lowest BCUT2D eigenvalue weighted by molar-refractivity contribution is 0.582. The quantitative estimate of drug-likeness (QED) is 0.755. The molecular formula is C10H16N2OS. The SMILES string of the molecule is Cc1[nH]c(=S)[nH]c(=O)c1CCC(C)C. The Bertz CT molecular complexity index is 417. The molecule has 0 aliphatic rings. The molecule has 0 fully saturated rings. The van der Waals surface area contributed by atoms with Crippen LogP contribution in [-0.4, -0.2) is 9.97 Å². The van der Waals surface area contributed by atoms with E-state index in [1.807, 2.05) is 6.92 Å². The summed E-state index contributed by atoms with van der Waals surface area (Å²) in [7, 11) is 0. The van der Waals surface area contributed by atoms with Crippen molar-refractivity contribution in [3.05, 3.63) is 26.4 Å². The van der Waals surface area contributed by atoms with Crippen LogP contribution < -0.4 is 5.56 Å². The van der Waals surface area contributed by atoms with Crippen LogP contribution in [-0.2, 0) is 6.42 Å².